The molecule has 0 atom stereocenters. The molecule has 2 aromatic heterocycles. The van der Waals surface area contributed by atoms with Crippen molar-refractivity contribution in [2.24, 2.45) is 0 Å². The summed E-state index contributed by atoms with van der Waals surface area (Å²) in [6.45, 7) is 0.750. The zero-order valence-corrected chi connectivity index (χ0v) is 11.2. The van der Waals surface area contributed by atoms with Gasteiger partial charge in [0.05, 0.1) is 7.11 Å². The summed E-state index contributed by atoms with van der Waals surface area (Å²) in [5.41, 5.74) is 1.89. The van der Waals surface area contributed by atoms with E-state index in [2.05, 4.69) is 26.6 Å². The van der Waals surface area contributed by atoms with Crippen LogP contribution < -0.4 is 10.1 Å². The molecule has 3 rings (SSSR count). The van der Waals surface area contributed by atoms with Crippen LogP contribution in [0.1, 0.15) is 5.56 Å². The van der Waals surface area contributed by atoms with E-state index in [9.17, 15) is 0 Å². The van der Waals surface area contributed by atoms with E-state index in [1.165, 1.54) is 0 Å². The second-order valence-electron chi connectivity index (χ2n) is 4.33. The summed E-state index contributed by atoms with van der Waals surface area (Å²) in [4.78, 5) is 4.29. The minimum atomic E-state index is 0.729. The molecule has 1 N–H and O–H groups in total. The zero-order chi connectivity index (χ0) is 13.8. The number of methoxy groups -OCH3 is 1. The third-order valence-corrected chi connectivity index (χ3v) is 3.10. The van der Waals surface area contributed by atoms with Gasteiger partial charge in [0.2, 0.25) is 5.65 Å². The van der Waals surface area contributed by atoms with Crippen molar-refractivity contribution in [1.82, 2.24) is 19.6 Å². The molecule has 0 spiro atoms. The fourth-order valence-corrected chi connectivity index (χ4v) is 2.11. The molecule has 3 aromatic rings. The molecule has 0 fully saturated rings. The number of nitrogens with one attached hydrogen (secondary N) is 1. The number of hydrogen-bond donors (Lipinski definition) is 1. The number of anilines is 1. The first-order valence-electron chi connectivity index (χ1n) is 6.38. The SMILES string of the molecule is COc1ccccc1CCNc1nccn2cnnc12. The highest BCUT2D eigenvalue weighted by Crippen LogP contribution is 2.18. The summed E-state index contributed by atoms with van der Waals surface area (Å²) < 4.78 is 7.17. The number of hydrogen-bond acceptors (Lipinski definition) is 5. The third kappa shape index (κ3) is 2.40. The maximum Gasteiger partial charge on any atom is 0.203 e. The highest BCUT2D eigenvalue weighted by molar-refractivity contribution is 5.61. The summed E-state index contributed by atoms with van der Waals surface area (Å²) >= 11 is 0. The Hall–Kier alpha value is -2.63. The summed E-state index contributed by atoms with van der Waals surface area (Å²) in [6.07, 6.45) is 6.05. The summed E-state index contributed by atoms with van der Waals surface area (Å²) in [6, 6.07) is 8.00. The summed E-state index contributed by atoms with van der Waals surface area (Å²) in [5, 5.41) is 11.2. The van der Waals surface area contributed by atoms with Crippen LogP contribution in [0, 0.1) is 0 Å². The van der Waals surface area contributed by atoms with Gasteiger partial charge >= 0.3 is 0 Å². The van der Waals surface area contributed by atoms with Crippen molar-refractivity contribution < 1.29 is 4.74 Å². The van der Waals surface area contributed by atoms with Crippen LogP contribution in [0.2, 0.25) is 0 Å². The Morgan fingerprint density at radius 1 is 1.30 bits per heavy atom. The van der Waals surface area contributed by atoms with Gasteiger partial charge < -0.3 is 10.1 Å². The fraction of sp³-hybridized carbons (Fsp3) is 0.214. The van der Waals surface area contributed by atoms with E-state index in [1.807, 2.05) is 28.8 Å². The number of aromatic nitrogens is 4. The van der Waals surface area contributed by atoms with Gasteiger partial charge in [0.1, 0.15) is 12.1 Å². The molecule has 0 radical (unpaired) electrons. The monoisotopic (exact) mass is 269 g/mol. The predicted octanol–water partition coefficient (Wildman–Crippen LogP) is 1.79. The average molecular weight is 269 g/mol. The van der Waals surface area contributed by atoms with E-state index in [0.29, 0.717) is 0 Å². The first kappa shape index (κ1) is 12.4. The Balaban J connectivity index is 1.69. The lowest BCUT2D eigenvalue weighted by molar-refractivity contribution is 0.410. The van der Waals surface area contributed by atoms with Crippen LogP contribution in [-0.4, -0.2) is 33.2 Å². The normalized spacial score (nSPS) is 10.7. The van der Waals surface area contributed by atoms with Crippen LogP contribution in [0.15, 0.2) is 43.0 Å². The van der Waals surface area contributed by atoms with Gasteiger partial charge in [0, 0.05) is 18.9 Å². The van der Waals surface area contributed by atoms with Gasteiger partial charge in [-0.25, -0.2) is 4.98 Å². The number of rotatable bonds is 5. The number of benzene rings is 1. The lowest BCUT2D eigenvalue weighted by Crippen LogP contribution is -2.08. The van der Waals surface area contributed by atoms with E-state index in [0.717, 1.165) is 35.7 Å². The Morgan fingerprint density at radius 3 is 3.10 bits per heavy atom. The van der Waals surface area contributed by atoms with Crippen molar-refractivity contribution >= 4 is 11.5 Å². The minimum Gasteiger partial charge on any atom is -0.496 e. The van der Waals surface area contributed by atoms with Gasteiger partial charge in [-0.15, -0.1) is 10.2 Å². The number of fused-ring (bicyclic) bond motifs is 1. The van der Waals surface area contributed by atoms with Crippen molar-refractivity contribution in [2.75, 3.05) is 19.0 Å². The van der Waals surface area contributed by atoms with E-state index in [1.54, 1.807) is 19.6 Å². The molecule has 6 heteroatoms. The van der Waals surface area contributed by atoms with Gasteiger partial charge in [0.25, 0.3) is 0 Å². The molecule has 1 aromatic carbocycles. The lowest BCUT2D eigenvalue weighted by atomic mass is 10.1. The molecule has 102 valence electrons. The van der Waals surface area contributed by atoms with Crippen molar-refractivity contribution in [2.45, 2.75) is 6.42 Å². The van der Waals surface area contributed by atoms with Crippen LogP contribution in [0.25, 0.3) is 5.65 Å². The average Bonchev–Trinajstić information content (AvgIpc) is 2.97. The standard InChI is InChI=1S/C14H15N5O/c1-20-12-5-3-2-4-11(12)6-7-15-13-14-18-17-10-19(14)9-8-16-13/h2-5,8-10H,6-7H2,1H3,(H,15,16). The van der Waals surface area contributed by atoms with Gasteiger partial charge in [0.15, 0.2) is 5.82 Å². The van der Waals surface area contributed by atoms with Gasteiger partial charge in [-0.1, -0.05) is 18.2 Å². The Bertz CT molecular complexity index is 709. The van der Waals surface area contributed by atoms with Crippen LogP contribution in [0.4, 0.5) is 5.82 Å². The van der Waals surface area contributed by atoms with Crippen molar-refractivity contribution in [3.05, 3.63) is 48.5 Å². The zero-order valence-electron chi connectivity index (χ0n) is 11.2. The molecule has 0 amide bonds. The third-order valence-electron chi connectivity index (χ3n) is 3.10. The van der Waals surface area contributed by atoms with Crippen LogP contribution in [-0.2, 0) is 6.42 Å². The van der Waals surface area contributed by atoms with Gasteiger partial charge in [-0.3, -0.25) is 4.40 Å². The van der Waals surface area contributed by atoms with Crippen molar-refractivity contribution in [3.8, 4) is 5.75 Å². The largest absolute Gasteiger partial charge is 0.496 e. The first-order chi connectivity index (χ1) is 9.88. The molecule has 0 bridgehead atoms. The Kier molecular flexibility index (Phi) is 3.45. The fourth-order valence-electron chi connectivity index (χ4n) is 2.11. The van der Waals surface area contributed by atoms with Crippen LogP contribution in [0.3, 0.4) is 0 Å². The summed E-state index contributed by atoms with van der Waals surface area (Å²) in [7, 11) is 1.69. The summed E-state index contributed by atoms with van der Waals surface area (Å²) in [5.74, 6) is 1.64. The van der Waals surface area contributed by atoms with Gasteiger partial charge in [-0.05, 0) is 18.1 Å². The van der Waals surface area contributed by atoms with E-state index in [-0.39, 0.29) is 0 Å². The lowest BCUT2D eigenvalue weighted by Gasteiger charge is -2.09. The molecule has 2 heterocycles. The van der Waals surface area contributed by atoms with Crippen molar-refractivity contribution in [3.63, 3.8) is 0 Å². The Morgan fingerprint density at radius 2 is 2.20 bits per heavy atom. The first-order valence-corrected chi connectivity index (χ1v) is 6.38. The highest BCUT2D eigenvalue weighted by atomic mass is 16.5. The quantitative estimate of drug-likeness (QED) is 0.765. The minimum absolute atomic E-state index is 0.729. The van der Waals surface area contributed by atoms with E-state index >= 15 is 0 Å². The highest BCUT2D eigenvalue weighted by Gasteiger charge is 2.05. The van der Waals surface area contributed by atoms with Crippen molar-refractivity contribution in [1.29, 1.82) is 0 Å². The molecular formula is C14H15N5O. The molecule has 0 saturated carbocycles. The second-order valence-corrected chi connectivity index (χ2v) is 4.33. The topological polar surface area (TPSA) is 64.3 Å². The Labute approximate surface area is 116 Å². The predicted molar refractivity (Wildman–Crippen MR) is 76.0 cm³/mol. The molecule has 20 heavy (non-hydrogen) atoms. The maximum absolute atomic E-state index is 5.34. The van der Waals surface area contributed by atoms with E-state index < -0.39 is 0 Å². The maximum atomic E-state index is 5.34. The van der Waals surface area contributed by atoms with Gasteiger partial charge in [-0.2, -0.15) is 0 Å². The molecule has 0 unspecified atom stereocenters. The smallest absolute Gasteiger partial charge is 0.203 e. The molecule has 6 nitrogen and oxygen atoms in total. The molecular weight excluding hydrogens is 254 g/mol. The molecule has 0 saturated heterocycles. The van der Waals surface area contributed by atoms with Crippen LogP contribution >= 0.6 is 0 Å². The molecule has 0 aliphatic rings. The second kappa shape index (κ2) is 5.56. The number of para-hydroxylation sites is 1. The van der Waals surface area contributed by atoms with Crippen LogP contribution in [0.5, 0.6) is 5.75 Å². The van der Waals surface area contributed by atoms with E-state index in [4.69, 9.17) is 4.74 Å². The number of ether oxygens (including phenoxy) is 1. The molecule has 0 aliphatic heterocycles. The number of nitrogens with zero attached hydrogens (tertiary/aromatic N) is 4. The molecule has 0 aliphatic carbocycles.